The van der Waals surface area contributed by atoms with Gasteiger partial charge in [-0.1, -0.05) is 12.1 Å². The van der Waals surface area contributed by atoms with E-state index >= 15 is 0 Å². The minimum Gasteiger partial charge on any atom is -0.396 e. The topological polar surface area (TPSA) is 43.8 Å². The average Bonchev–Trinajstić information content (AvgIpc) is 2.63. The molecule has 0 radical (unpaired) electrons. The van der Waals surface area contributed by atoms with Crippen molar-refractivity contribution < 1.29 is 9.90 Å². The van der Waals surface area contributed by atoms with Gasteiger partial charge in [-0.3, -0.25) is 9.69 Å². The maximum absolute atomic E-state index is 12.9. The van der Waals surface area contributed by atoms with Crippen LogP contribution in [0, 0.1) is 5.92 Å². The number of piperidine rings is 2. The molecule has 0 saturated carbocycles. The van der Waals surface area contributed by atoms with Crippen LogP contribution in [0.4, 0.5) is 0 Å². The second kappa shape index (κ2) is 8.33. The molecule has 0 aliphatic carbocycles. The van der Waals surface area contributed by atoms with Crippen molar-refractivity contribution in [2.45, 2.75) is 64.6 Å². The number of rotatable bonds is 4. The average molecular weight is 344 g/mol. The van der Waals surface area contributed by atoms with Crippen molar-refractivity contribution in [3.05, 3.63) is 35.4 Å². The lowest BCUT2D eigenvalue weighted by Gasteiger charge is -2.39. The van der Waals surface area contributed by atoms with Crippen molar-refractivity contribution in [1.82, 2.24) is 9.80 Å². The zero-order valence-electron chi connectivity index (χ0n) is 15.7. The normalized spacial score (nSPS) is 26.0. The molecule has 0 aromatic heterocycles. The molecular formula is C21H32N2O2. The van der Waals surface area contributed by atoms with Gasteiger partial charge in [-0.15, -0.1) is 0 Å². The van der Waals surface area contributed by atoms with Gasteiger partial charge in [0.2, 0.25) is 0 Å². The lowest BCUT2D eigenvalue weighted by atomic mass is 9.96. The van der Waals surface area contributed by atoms with Gasteiger partial charge in [0.1, 0.15) is 0 Å². The number of benzene rings is 1. The molecule has 1 N–H and O–H groups in total. The molecule has 4 nitrogen and oxygen atoms in total. The summed E-state index contributed by atoms with van der Waals surface area (Å²) in [6.07, 6.45) is 5.60. The van der Waals surface area contributed by atoms with Crippen LogP contribution in [0.15, 0.2) is 24.3 Å². The SMILES string of the molecule is CC1CCCC(C)N1C(=O)c1ccc(CN2CCC(CO)CC2)cc1. The van der Waals surface area contributed by atoms with E-state index in [0.29, 0.717) is 24.6 Å². The highest BCUT2D eigenvalue weighted by atomic mass is 16.3. The fraction of sp³-hybridized carbons (Fsp3) is 0.667. The summed E-state index contributed by atoms with van der Waals surface area (Å²) >= 11 is 0. The summed E-state index contributed by atoms with van der Waals surface area (Å²) in [6, 6.07) is 8.86. The molecule has 2 unspecified atom stereocenters. The summed E-state index contributed by atoms with van der Waals surface area (Å²) in [5.41, 5.74) is 2.07. The Morgan fingerprint density at radius 3 is 2.20 bits per heavy atom. The maximum atomic E-state index is 12.9. The molecule has 2 atom stereocenters. The summed E-state index contributed by atoms with van der Waals surface area (Å²) in [5.74, 6) is 0.653. The Morgan fingerprint density at radius 1 is 1.04 bits per heavy atom. The third kappa shape index (κ3) is 4.42. The number of nitrogens with zero attached hydrogens (tertiary/aromatic N) is 2. The molecule has 2 fully saturated rings. The molecule has 2 heterocycles. The first kappa shape index (κ1) is 18.4. The van der Waals surface area contributed by atoms with Crippen molar-refractivity contribution in [3.63, 3.8) is 0 Å². The van der Waals surface area contributed by atoms with E-state index in [1.807, 2.05) is 12.1 Å². The largest absolute Gasteiger partial charge is 0.396 e. The third-order valence-electron chi connectivity index (χ3n) is 6.00. The van der Waals surface area contributed by atoms with E-state index in [1.54, 1.807) is 0 Å². The molecule has 1 amide bonds. The van der Waals surface area contributed by atoms with Gasteiger partial charge < -0.3 is 10.0 Å². The van der Waals surface area contributed by atoms with Crippen molar-refractivity contribution in [3.8, 4) is 0 Å². The highest BCUT2D eigenvalue weighted by Gasteiger charge is 2.29. The quantitative estimate of drug-likeness (QED) is 0.911. The third-order valence-corrected chi connectivity index (χ3v) is 6.00. The minimum atomic E-state index is 0.176. The summed E-state index contributed by atoms with van der Waals surface area (Å²) < 4.78 is 0. The van der Waals surface area contributed by atoms with Crippen LogP contribution in [-0.2, 0) is 6.54 Å². The van der Waals surface area contributed by atoms with Crippen molar-refractivity contribution in [2.24, 2.45) is 5.92 Å². The first-order valence-corrected chi connectivity index (χ1v) is 9.83. The van der Waals surface area contributed by atoms with Crippen LogP contribution in [0.3, 0.4) is 0 Å². The van der Waals surface area contributed by atoms with E-state index in [2.05, 4.69) is 35.8 Å². The molecule has 138 valence electrons. The van der Waals surface area contributed by atoms with Crippen LogP contribution in [0.2, 0.25) is 0 Å². The number of aliphatic hydroxyl groups is 1. The molecule has 2 saturated heterocycles. The van der Waals surface area contributed by atoms with Crippen LogP contribution >= 0.6 is 0 Å². The fourth-order valence-corrected chi connectivity index (χ4v) is 4.31. The predicted octanol–water partition coefficient (Wildman–Crippen LogP) is 3.29. The monoisotopic (exact) mass is 344 g/mol. The Hall–Kier alpha value is -1.39. The van der Waals surface area contributed by atoms with E-state index in [4.69, 9.17) is 0 Å². The number of carbonyl (C=O) groups is 1. The highest BCUT2D eigenvalue weighted by molar-refractivity contribution is 5.94. The first-order chi connectivity index (χ1) is 12.1. The first-order valence-electron chi connectivity index (χ1n) is 9.83. The molecule has 0 bridgehead atoms. The molecule has 25 heavy (non-hydrogen) atoms. The predicted molar refractivity (Wildman–Crippen MR) is 100 cm³/mol. The van der Waals surface area contributed by atoms with Crippen LogP contribution < -0.4 is 0 Å². The van der Waals surface area contributed by atoms with E-state index in [0.717, 1.165) is 50.9 Å². The van der Waals surface area contributed by atoms with E-state index in [9.17, 15) is 9.90 Å². The lowest BCUT2D eigenvalue weighted by molar-refractivity contribution is 0.0510. The molecule has 3 rings (SSSR count). The molecule has 1 aromatic carbocycles. The number of aliphatic hydroxyl groups excluding tert-OH is 1. The molecule has 1 aromatic rings. The van der Waals surface area contributed by atoms with Gasteiger partial charge in [0.15, 0.2) is 0 Å². The smallest absolute Gasteiger partial charge is 0.254 e. The van der Waals surface area contributed by atoms with Gasteiger partial charge >= 0.3 is 0 Å². The van der Waals surface area contributed by atoms with E-state index in [1.165, 1.54) is 12.0 Å². The molecular weight excluding hydrogens is 312 g/mol. The molecule has 0 spiro atoms. The lowest BCUT2D eigenvalue weighted by Crippen LogP contribution is -2.47. The van der Waals surface area contributed by atoms with Crippen LogP contribution in [0.5, 0.6) is 0 Å². The Labute approximate surface area is 151 Å². The molecule has 2 aliphatic rings. The molecule has 4 heteroatoms. The van der Waals surface area contributed by atoms with Crippen molar-refractivity contribution in [2.75, 3.05) is 19.7 Å². The second-order valence-electron chi connectivity index (χ2n) is 7.94. The van der Waals surface area contributed by atoms with Crippen LogP contribution in [0.25, 0.3) is 0 Å². The standard InChI is InChI=1S/C21H32N2O2/c1-16-4-3-5-17(2)23(16)21(25)20-8-6-18(7-9-20)14-22-12-10-19(15-24)11-13-22/h6-9,16-17,19,24H,3-5,10-15H2,1-2H3. The number of hydrogen-bond acceptors (Lipinski definition) is 3. The Kier molecular flexibility index (Phi) is 6.13. The zero-order chi connectivity index (χ0) is 17.8. The number of amides is 1. The van der Waals surface area contributed by atoms with Gasteiger partial charge in [-0.25, -0.2) is 0 Å². The second-order valence-corrected chi connectivity index (χ2v) is 7.94. The van der Waals surface area contributed by atoms with E-state index < -0.39 is 0 Å². The van der Waals surface area contributed by atoms with Crippen LogP contribution in [0.1, 0.15) is 61.9 Å². The summed E-state index contributed by atoms with van der Waals surface area (Å²) in [5, 5.41) is 9.24. The van der Waals surface area contributed by atoms with E-state index in [-0.39, 0.29) is 5.91 Å². The van der Waals surface area contributed by atoms with Gasteiger partial charge in [0.05, 0.1) is 0 Å². The highest BCUT2D eigenvalue weighted by Crippen LogP contribution is 2.25. The summed E-state index contributed by atoms with van der Waals surface area (Å²) in [4.78, 5) is 17.4. The molecule has 2 aliphatic heterocycles. The fourth-order valence-electron chi connectivity index (χ4n) is 4.31. The number of carbonyl (C=O) groups excluding carboxylic acids is 1. The number of hydrogen-bond donors (Lipinski definition) is 1. The number of likely N-dealkylation sites (tertiary alicyclic amines) is 2. The van der Waals surface area contributed by atoms with Gasteiger partial charge in [0.25, 0.3) is 5.91 Å². The van der Waals surface area contributed by atoms with Crippen molar-refractivity contribution in [1.29, 1.82) is 0 Å². The van der Waals surface area contributed by atoms with Crippen molar-refractivity contribution >= 4 is 5.91 Å². The van der Waals surface area contributed by atoms with Gasteiger partial charge in [-0.05, 0) is 82.7 Å². The Balaban J connectivity index is 1.59. The summed E-state index contributed by atoms with van der Waals surface area (Å²) in [7, 11) is 0. The zero-order valence-corrected chi connectivity index (χ0v) is 15.7. The minimum absolute atomic E-state index is 0.176. The van der Waals surface area contributed by atoms with Gasteiger partial charge in [-0.2, -0.15) is 0 Å². The van der Waals surface area contributed by atoms with Gasteiger partial charge in [0, 0.05) is 30.8 Å². The summed E-state index contributed by atoms with van der Waals surface area (Å²) in [6.45, 7) is 7.68. The Morgan fingerprint density at radius 2 is 1.64 bits per heavy atom. The maximum Gasteiger partial charge on any atom is 0.254 e. The van der Waals surface area contributed by atoms with Crippen LogP contribution in [-0.4, -0.2) is 52.6 Å². The Bertz CT molecular complexity index is 554.